The first-order valence-corrected chi connectivity index (χ1v) is 14.0. The van der Waals surface area contributed by atoms with Crippen molar-refractivity contribution in [1.82, 2.24) is 9.97 Å². The molecule has 0 atom stereocenters. The Morgan fingerprint density at radius 1 is 1.05 bits per heavy atom. The zero-order valence-electron chi connectivity index (χ0n) is 19.9. The SMILES string of the molecule is CCc1ccccc1NC(=O)CSc1ncc2c(n1)-c1ccccc1N(Cc1cccc(F)c1)S2(=O)=O. The van der Waals surface area contributed by atoms with Crippen LogP contribution < -0.4 is 9.62 Å². The maximum atomic E-state index is 13.8. The first kappa shape index (κ1) is 24.9. The third-order valence-electron chi connectivity index (χ3n) is 5.95. The van der Waals surface area contributed by atoms with Crippen LogP contribution in [0.25, 0.3) is 11.3 Å². The maximum Gasteiger partial charge on any atom is 0.268 e. The lowest BCUT2D eigenvalue weighted by Gasteiger charge is -2.31. The number of aryl methyl sites for hydroxylation is 1. The number of rotatable bonds is 7. The van der Waals surface area contributed by atoms with Crippen molar-refractivity contribution in [2.75, 3.05) is 15.4 Å². The topological polar surface area (TPSA) is 92.3 Å². The number of sulfonamides is 1. The van der Waals surface area contributed by atoms with Crippen molar-refractivity contribution in [1.29, 1.82) is 0 Å². The number of anilines is 2. The molecule has 0 fully saturated rings. The van der Waals surface area contributed by atoms with Crippen molar-refractivity contribution < 1.29 is 17.6 Å². The fourth-order valence-electron chi connectivity index (χ4n) is 4.18. The van der Waals surface area contributed by atoms with Gasteiger partial charge < -0.3 is 5.32 Å². The van der Waals surface area contributed by atoms with E-state index in [9.17, 15) is 17.6 Å². The van der Waals surface area contributed by atoms with E-state index < -0.39 is 15.8 Å². The number of hydrogen-bond donors (Lipinski definition) is 1. The summed E-state index contributed by atoms with van der Waals surface area (Å²) in [6.45, 7) is 1.98. The van der Waals surface area contributed by atoms with E-state index in [2.05, 4.69) is 15.3 Å². The summed E-state index contributed by atoms with van der Waals surface area (Å²) in [6.07, 6.45) is 2.07. The van der Waals surface area contributed by atoms with Crippen LogP contribution in [0.15, 0.2) is 89.0 Å². The largest absolute Gasteiger partial charge is 0.325 e. The molecule has 1 amide bonds. The molecular formula is C27H23FN4O3S2. The van der Waals surface area contributed by atoms with E-state index in [1.807, 2.05) is 31.2 Å². The van der Waals surface area contributed by atoms with Gasteiger partial charge in [0.1, 0.15) is 10.7 Å². The van der Waals surface area contributed by atoms with Crippen LogP contribution in [0, 0.1) is 5.82 Å². The van der Waals surface area contributed by atoms with Gasteiger partial charge in [-0.05, 0) is 41.8 Å². The molecule has 0 radical (unpaired) electrons. The molecular weight excluding hydrogens is 511 g/mol. The van der Waals surface area contributed by atoms with Gasteiger partial charge in [-0.3, -0.25) is 9.10 Å². The van der Waals surface area contributed by atoms with E-state index in [1.165, 1.54) is 22.6 Å². The smallest absolute Gasteiger partial charge is 0.268 e. The summed E-state index contributed by atoms with van der Waals surface area (Å²) in [4.78, 5) is 21.3. The van der Waals surface area contributed by atoms with Crippen LogP contribution >= 0.6 is 11.8 Å². The highest BCUT2D eigenvalue weighted by Gasteiger charge is 2.36. The molecule has 1 aliphatic heterocycles. The van der Waals surface area contributed by atoms with E-state index in [0.717, 1.165) is 29.4 Å². The Morgan fingerprint density at radius 2 is 1.84 bits per heavy atom. The number of nitrogens with one attached hydrogen (secondary N) is 1. The van der Waals surface area contributed by atoms with Gasteiger partial charge in [0.15, 0.2) is 5.16 Å². The average Bonchev–Trinajstić information content (AvgIpc) is 2.90. The molecule has 5 rings (SSSR count). The predicted molar refractivity (Wildman–Crippen MR) is 142 cm³/mol. The van der Waals surface area contributed by atoms with E-state index >= 15 is 0 Å². The Hall–Kier alpha value is -3.76. The standard InChI is InChI=1S/C27H23FN4O3S2/c1-2-19-9-3-5-12-22(19)30-25(33)17-36-27-29-15-24-26(31-27)21-11-4-6-13-23(21)32(37(24,34)35)16-18-8-7-10-20(28)14-18/h3-15H,2,16-17H2,1H3,(H,30,33). The number of aromatic nitrogens is 2. The van der Waals surface area contributed by atoms with E-state index in [1.54, 1.807) is 36.4 Å². The van der Waals surface area contributed by atoms with Crippen LogP contribution in [0.2, 0.25) is 0 Å². The fourth-order valence-corrected chi connectivity index (χ4v) is 6.36. The molecule has 0 spiro atoms. The molecule has 2 heterocycles. The second-order valence-corrected chi connectivity index (χ2v) is 11.1. The molecule has 0 unspecified atom stereocenters. The molecule has 3 aromatic carbocycles. The Balaban J connectivity index is 1.41. The molecule has 0 aliphatic carbocycles. The van der Waals surface area contributed by atoms with Gasteiger partial charge in [0.05, 0.1) is 29.9 Å². The predicted octanol–water partition coefficient (Wildman–Crippen LogP) is 5.28. The van der Waals surface area contributed by atoms with E-state index in [4.69, 9.17) is 0 Å². The molecule has 0 saturated heterocycles. The number of thioether (sulfide) groups is 1. The summed E-state index contributed by atoms with van der Waals surface area (Å²) in [7, 11) is -4.01. The van der Waals surface area contributed by atoms with Crippen molar-refractivity contribution in [3.63, 3.8) is 0 Å². The van der Waals surface area contributed by atoms with Crippen LogP contribution in [-0.4, -0.2) is 30.0 Å². The minimum atomic E-state index is -4.01. The molecule has 1 aromatic heterocycles. The molecule has 1 N–H and O–H groups in total. The third kappa shape index (κ3) is 5.07. The summed E-state index contributed by atoms with van der Waals surface area (Å²) < 4.78 is 42.2. The first-order chi connectivity index (χ1) is 17.9. The Morgan fingerprint density at radius 3 is 2.65 bits per heavy atom. The van der Waals surface area contributed by atoms with Gasteiger partial charge >= 0.3 is 0 Å². The molecule has 37 heavy (non-hydrogen) atoms. The molecule has 0 bridgehead atoms. The van der Waals surface area contributed by atoms with Gasteiger partial charge in [-0.15, -0.1) is 0 Å². The molecule has 1 aliphatic rings. The number of hydrogen-bond acceptors (Lipinski definition) is 6. The second kappa shape index (κ2) is 10.3. The molecule has 0 saturated carbocycles. The van der Waals surface area contributed by atoms with Crippen LogP contribution in [0.1, 0.15) is 18.1 Å². The number of benzene rings is 3. The van der Waals surface area contributed by atoms with Crippen LogP contribution in [0.4, 0.5) is 15.8 Å². The third-order valence-corrected chi connectivity index (χ3v) is 8.57. The maximum absolute atomic E-state index is 13.8. The van der Waals surface area contributed by atoms with Gasteiger partial charge in [0, 0.05) is 11.3 Å². The Kier molecular flexibility index (Phi) is 6.94. The number of carbonyl (C=O) groups excluding carboxylic acids is 1. The lowest BCUT2D eigenvalue weighted by Crippen LogP contribution is -2.34. The lowest BCUT2D eigenvalue weighted by atomic mass is 10.1. The highest BCUT2D eigenvalue weighted by molar-refractivity contribution is 7.99. The van der Waals surface area contributed by atoms with Crippen LogP contribution in [0.3, 0.4) is 0 Å². The lowest BCUT2D eigenvalue weighted by molar-refractivity contribution is -0.113. The van der Waals surface area contributed by atoms with Gasteiger partial charge in [0.2, 0.25) is 5.91 Å². The highest BCUT2D eigenvalue weighted by Crippen LogP contribution is 2.42. The normalized spacial score (nSPS) is 13.5. The molecule has 188 valence electrons. The number of fused-ring (bicyclic) bond motifs is 3. The highest BCUT2D eigenvalue weighted by atomic mass is 32.2. The summed E-state index contributed by atoms with van der Waals surface area (Å²) in [5.74, 6) is -0.578. The zero-order chi connectivity index (χ0) is 26.0. The minimum Gasteiger partial charge on any atom is -0.325 e. The van der Waals surface area contributed by atoms with Gasteiger partial charge in [-0.25, -0.2) is 22.8 Å². The molecule has 10 heteroatoms. The average molecular weight is 535 g/mol. The van der Waals surface area contributed by atoms with E-state index in [-0.39, 0.29) is 28.8 Å². The Bertz CT molecular complexity index is 1590. The summed E-state index contributed by atoms with van der Waals surface area (Å²) in [6, 6.07) is 20.5. The number of carbonyl (C=O) groups is 1. The zero-order valence-corrected chi connectivity index (χ0v) is 21.5. The summed E-state index contributed by atoms with van der Waals surface area (Å²) >= 11 is 1.13. The number of halogens is 1. The quantitative estimate of drug-likeness (QED) is 0.256. The van der Waals surface area contributed by atoms with E-state index in [0.29, 0.717) is 22.0 Å². The second-order valence-electron chi connectivity index (χ2n) is 8.37. The summed E-state index contributed by atoms with van der Waals surface area (Å²) in [5.41, 5.74) is 3.67. The van der Waals surface area contributed by atoms with Crippen LogP contribution in [-0.2, 0) is 27.8 Å². The van der Waals surface area contributed by atoms with Gasteiger partial charge in [-0.1, -0.05) is 67.2 Å². The number of amides is 1. The van der Waals surface area contributed by atoms with Crippen molar-refractivity contribution in [2.45, 2.75) is 29.9 Å². The van der Waals surface area contributed by atoms with Crippen LogP contribution in [0.5, 0.6) is 0 Å². The fraction of sp³-hybridized carbons (Fsp3) is 0.148. The van der Waals surface area contributed by atoms with Crippen molar-refractivity contribution in [2.24, 2.45) is 0 Å². The van der Waals surface area contributed by atoms with Crippen molar-refractivity contribution in [3.05, 3.63) is 95.9 Å². The monoisotopic (exact) mass is 534 g/mol. The van der Waals surface area contributed by atoms with Gasteiger partial charge in [0.25, 0.3) is 10.0 Å². The Labute approximate surface area is 218 Å². The minimum absolute atomic E-state index is 0.0340. The number of nitrogens with zero attached hydrogens (tertiary/aromatic N) is 3. The molecule has 4 aromatic rings. The van der Waals surface area contributed by atoms with Crippen molar-refractivity contribution in [3.8, 4) is 11.3 Å². The number of para-hydroxylation sites is 2. The van der Waals surface area contributed by atoms with Gasteiger partial charge in [-0.2, -0.15) is 0 Å². The van der Waals surface area contributed by atoms with Crippen molar-refractivity contribution >= 4 is 39.1 Å². The molecule has 7 nitrogen and oxygen atoms in total. The summed E-state index contributed by atoms with van der Waals surface area (Å²) in [5, 5.41) is 3.20. The first-order valence-electron chi connectivity index (χ1n) is 11.6.